The number of nitrogens with zero attached hydrogens (tertiary/aromatic N) is 1. The summed E-state index contributed by atoms with van der Waals surface area (Å²) in [5.41, 5.74) is 5.83. The van der Waals surface area contributed by atoms with Gasteiger partial charge in [0.1, 0.15) is 0 Å². The second-order valence-electron chi connectivity index (χ2n) is 10.2. The molecule has 184 valence electrons. The van der Waals surface area contributed by atoms with Crippen molar-refractivity contribution in [1.29, 1.82) is 0 Å². The molecule has 0 spiro atoms. The molecule has 0 saturated carbocycles. The Balaban J connectivity index is 1.73. The Morgan fingerprint density at radius 3 is 2.40 bits per heavy atom. The van der Waals surface area contributed by atoms with E-state index in [1.807, 2.05) is 26.8 Å². The number of halogens is 2. The highest BCUT2D eigenvalue weighted by molar-refractivity contribution is 5.78. The molecule has 35 heavy (non-hydrogen) atoms. The van der Waals surface area contributed by atoms with Gasteiger partial charge in [0.05, 0.1) is 5.92 Å². The van der Waals surface area contributed by atoms with Crippen LogP contribution >= 0.6 is 0 Å². The van der Waals surface area contributed by atoms with E-state index in [0.717, 1.165) is 41.6 Å². The Bertz CT molecular complexity index is 1190. The second kappa shape index (κ2) is 10.6. The number of aryl methyl sites for hydroxylation is 1. The van der Waals surface area contributed by atoms with Crippen LogP contribution in [0.25, 0.3) is 11.1 Å². The van der Waals surface area contributed by atoms with Gasteiger partial charge in [0, 0.05) is 30.8 Å². The van der Waals surface area contributed by atoms with Gasteiger partial charge < -0.3 is 10.0 Å². The number of piperidine rings is 1. The molecule has 3 aromatic rings. The molecular weight excluding hydrogens is 444 g/mol. The number of hydrogen-bond donors (Lipinski definition) is 1. The average molecular weight is 478 g/mol. The number of carbonyl (C=O) groups is 1. The molecule has 1 fully saturated rings. The Labute approximate surface area is 206 Å². The lowest BCUT2D eigenvalue weighted by Crippen LogP contribution is -2.34. The fourth-order valence-corrected chi connectivity index (χ4v) is 5.04. The van der Waals surface area contributed by atoms with Gasteiger partial charge in [-0.2, -0.15) is 0 Å². The van der Waals surface area contributed by atoms with Gasteiger partial charge in [-0.25, -0.2) is 8.78 Å². The summed E-state index contributed by atoms with van der Waals surface area (Å²) in [6, 6.07) is 18.6. The van der Waals surface area contributed by atoms with E-state index in [0.29, 0.717) is 18.7 Å². The van der Waals surface area contributed by atoms with Crippen LogP contribution < -0.4 is 4.90 Å². The number of rotatable bonds is 7. The molecule has 3 nitrogen and oxygen atoms in total. The Morgan fingerprint density at radius 1 is 1.00 bits per heavy atom. The molecule has 0 amide bonds. The lowest BCUT2D eigenvalue weighted by Gasteiger charge is -2.35. The maximum absolute atomic E-state index is 13.9. The van der Waals surface area contributed by atoms with E-state index < -0.39 is 23.5 Å². The summed E-state index contributed by atoms with van der Waals surface area (Å²) in [6.07, 6.45) is 2.44. The fourth-order valence-electron chi connectivity index (χ4n) is 5.04. The van der Waals surface area contributed by atoms with Crippen molar-refractivity contribution in [3.63, 3.8) is 0 Å². The van der Waals surface area contributed by atoms with Crippen molar-refractivity contribution in [3.05, 3.63) is 89.0 Å². The molecule has 1 N–H and O–H groups in total. The van der Waals surface area contributed by atoms with E-state index >= 15 is 0 Å². The van der Waals surface area contributed by atoms with Crippen molar-refractivity contribution < 1.29 is 18.7 Å². The maximum Gasteiger partial charge on any atom is 0.310 e. The van der Waals surface area contributed by atoms with Crippen molar-refractivity contribution in [2.75, 3.05) is 18.0 Å². The molecule has 1 saturated heterocycles. The van der Waals surface area contributed by atoms with Crippen molar-refractivity contribution in [2.45, 2.75) is 51.9 Å². The number of hydrogen-bond acceptors (Lipinski definition) is 2. The summed E-state index contributed by atoms with van der Waals surface area (Å²) in [7, 11) is 0. The molecule has 0 aromatic heterocycles. The predicted molar refractivity (Wildman–Crippen MR) is 137 cm³/mol. The quantitative estimate of drug-likeness (QED) is 0.382. The zero-order valence-corrected chi connectivity index (χ0v) is 20.6. The van der Waals surface area contributed by atoms with Crippen LogP contribution in [0.5, 0.6) is 0 Å². The van der Waals surface area contributed by atoms with Crippen LogP contribution in [0, 0.1) is 24.5 Å². The van der Waals surface area contributed by atoms with E-state index in [4.69, 9.17) is 0 Å². The lowest BCUT2D eigenvalue weighted by molar-refractivity contribution is -0.139. The molecular formula is C30H33F2NO2. The highest BCUT2D eigenvalue weighted by Crippen LogP contribution is 2.36. The van der Waals surface area contributed by atoms with Crippen molar-refractivity contribution in [3.8, 4) is 11.1 Å². The van der Waals surface area contributed by atoms with Gasteiger partial charge in [-0.3, -0.25) is 4.79 Å². The lowest BCUT2D eigenvalue weighted by atomic mass is 9.83. The van der Waals surface area contributed by atoms with Crippen LogP contribution in [-0.2, 0) is 4.79 Å². The normalized spacial score (nSPS) is 17.0. The van der Waals surface area contributed by atoms with E-state index in [-0.39, 0.29) is 11.8 Å². The highest BCUT2D eigenvalue weighted by atomic mass is 19.2. The summed E-state index contributed by atoms with van der Waals surface area (Å²) in [4.78, 5) is 14.3. The number of aliphatic carboxylic acids is 1. The summed E-state index contributed by atoms with van der Waals surface area (Å²) in [5, 5.41) is 10.0. The second-order valence-corrected chi connectivity index (χ2v) is 10.2. The van der Waals surface area contributed by atoms with Crippen LogP contribution in [0.1, 0.15) is 61.6 Å². The first-order valence-electron chi connectivity index (χ1n) is 12.4. The third-order valence-electron chi connectivity index (χ3n) is 6.93. The van der Waals surface area contributed by atoms with Crippen LogP contribution in [-0.4, -0.2) is 24.2 Å². The Hall–Kier alpha value is -3.21. The van der Waals surface area contributed by atoms with Gasteiger partial charge in [-0.15, -0.1) is 0 Å². The molecule has 3 aromatic carbocycles. The van der Waals surface area contributed by atoms with Gasteiger partial charge in [-0.05, 0) is 66.5 Å². The number of benzene rings is 3. The van der Waals surface area contributed by atoms with Crippen molar-refractivity contribution >= 4 is 11.7 Å². The predicted octanol–water partition coefficient (Wildman–Crippen LogP) is 7.54. The van der Waals surface area contributed by atoms with E-state index in [1.165, 1.54) is 17.7 Å². The van der Waals surface area contributed by atoms with Gasteiger partial charge in [0.15, 0.2) is 11.6 Å². The van der Waals surface area contributed by atoms with Crippen LogP contribution in [0.4, 0.5) is 14.5 Å². The zero-order valence-electron chi connectivity index (χ0n) is 20.6. The Morgan fingerprint density at radius 2 is 1.74 bits per heavy atom. The van der Waals surface area contributed by atoms with Gasteiger partial charge in [0.25, 0.3) is 0 Å². The topological polar surface area (TPSA) is 40.5 Å². The van der Waals surface area contributed by atoms with Crippen LogP contribution in [0.15, 0.2) is 60.7 Å². The highest BCUT2D eigenvalue weighted by Gasteiger charge is 2.26. The summed E-state index contributed by atoms with van der Waals surface area (Å²) >= 11 is 0. The number of anilines is 1. The molecule has 1 aliphatic heterocycles. The van der Waals surface area contributed by atoms with Crippen LogP contribution in [0.3, 0.4) is 0 Å². The van der Waals surface area contributed by atoms with E-state index in [9.17, 15) is 18.7 Å². The first kappa shape index (κ1) is 24.9. The summed E-state index contributed by atoms with van der Waals surface area (Å²) < 4.78 is 27.4. The first-order valence-corrected chi connectivity index (χ1v) is 12.4. The molecule has 0 bridgehead atoms. The summed E-state index contributed by atoms with van der Waals surface area (Å²) in [6.45, 7) is 7.58. The minimum absolute atomic E-state index is 0.162. The van der Waals surface area contributed by atoms with Gasteiger partial charge in [-0.1, -0.05) is 61.9 Å². The molecule has 0 radical (unpaired) electrons. The third kappa shape index (κ3) is 5.90. The van der Waals surface area contributed by atoms with Crippen molar-refractivity contribution in [2.24, 2.45) is 5.92 Å². The third-order valence-corrected chi connectivity index (χ3v) is 6.93. The molecule has 1 heterocycles. The largest absolute Gasteiger partial charge is 0.481 e. The van der Waals surface area contributed by atoms with Crippen molar-refractivity contribution in [1.82, 2.24) is 0 Å². The number of carboxylic acid groups (broad SMARTS) is 1. The first-order chi connectivity index (χ1) is 16.7. The fraction of sp³-hybridized carbons (Fsp3) is 0.367. The molecule has 1 aliphatic rings. The SMILES string of the molecule is Cc1ccc(-c2cc(C3CCCN(c4ccc(F)c(F)c4)C3)cc(C(CC(C)C)C(=O)O)c2)cc1. The van der Waals surface area contributed by atoms with E-state index in [1.54, 1.807) is 6.07 Å². The average Bonchev–Trinajstić information content (AvgIpc) is 2.84. The molecule has 2 atom stereocenters. The van der Waals surface area contributed by atoms with Gasteiger partial charge >= 0.3 is 5.97 Å². The summed E-state index contributed by atoms with van der Waals surface area (Å²) in [5.74, 6) is -2.66. The minimum atomic E-state index is -0.845. The molecule has 5 heteroatoms. The van der Waals surface area contributed by atoms with Crippen LogP contribution in [0.2, 0.25) is 0 Å². The monoisotopic (exact) mass is 477 g/mol. The maximum atomic E-state index is 13.9. The zero-order chi connectivity index (χ0) is 25.1. The minimum Gasteiger partial charge on any atom is -0.481 e. The number of carboxylic acids is 1. The Kier molecular flexibility index (Phi) is 7.54. The molecule has 0 aliphatic carbocycles. The van der Waals surface area contributed by atoms with E-state index in [2.05, 4.69) is 41.3 Å². The molecule has 2 unspecified atom stereocenters. The molecule has 4 rings (SSSR count). The van der Waals surface area contributed by atoms with Gasteiger partial charge in [0.2, 0.25) is 0 Å². The standard InChI is InChI=1S/C30H33F2NO2/c1-19(2)13-27(30(34)35)25-15-23(21-8-6-20(3)7-9-21)14-24(16-25)22-5-4-12-33(18-22)26-10-11-28(31)29(32)17-26/h6-11,14-17,19,22,27H,4-5,12-13,18H2,1-3H3,(H,34,35). The smallest absolute Gasteiger partial charge is 0.310 e.